The Bertz CT molecular complexity index is 3080. The average molecular weight is 1310 g/mol. The topological polar surface area (TPSA) is 312 Å². The predicted molar refractivity (Wildman–Crippen MR) is 362 cm³/mol. The van der Waals surface area contributed by atoms with E-state index in [1.807, 2.05) is 103 Å². The predicted octanol–water partition coefficient (Wildman–Crippen LogP) is 8.97. The van der Waals surface area contributed by atoms with E-state index in [2.05, 4.69) is 37.2 Å². The Morgan fingerprint density at radius 3 is 1.43 bits per heavy atom. The summed E-state index contributed by atoms with van der Waals surface area (Å²) in [5.41, 5.74) is 4.38. The first kappa shape index (κ1) is 75.7. The van der Waals surface area contributed by atoms with E-state index in [9.17, 15) is 57.8 Å². The van der Waals surface area contributed by atoms with Crippen LogP contribution in [0.2, 0.25) is 0 Å². The highest BCUT2D eigenvalue weighted by molar-refractivity contribution is 8.01. The number of carboxylic acid groups (broad SMARTS) is 2. The van der Waals surface area contributed by atoms with Crippen LogP contribution in [0.5, 0.6) is 0 Å². The Morgan fingerprint density at radius 1 is 0.426 bits per heavy atom. The number of thioether (sulfide) groups is 1. The SMILES string of the molecule is C[C@H](CCC(=O)O)NC(=O)NCCCCCNC(=O)CCCCCCC(=O)CCCCCC(CC(=O)C(Cc1ccccc1)NC(=O)C(CC(=O)CNC(=O)CNC(=O)CNC(=O)CSC(c1ccccc1)(c1ccccc1)c1ccccc1)Cc1ccccc1)C(=O)O. The van der Waals surface area contributed by atoms with Gasteiger partial charge >= 0.3 is 18.0 Å². The molecule has 0 aromatic heterocycles. The van der Waals surface area contributed by atoms with Gasteiger partial charge in [0.25, 0.3) is 0 Å². The van der Waals surface area contributed by atoms with Crippen molar-refractivity contribution in [3.05, 3.63) is 179 Å². The summed E-state index contributed by atoms with van der Waals surface area (Å²) in [6.45, 7) is 1.41. The molecule has 0 saturated carbocycles. The van der Waals surface area contributed by atoms with Crippen molar-refractivity contribution in [1.82, 2.24) is 37.2 Å². The van der Waals surface area contributed by atoms with Crippen LogP contribution in [0.4, 0.5) is 4.79 Å². The first-order valence-electron chi connectivity index (χ1n) is 32.7. The van der Waals surface area contributed by atoms with Gasteiger partial charge in [0.2, 0.25) is 29.5 Å². The molecule has 5 aromatic carbocycles. The number of amides is 7. The number of aliphatic carboxylic acids is 2. The fourth-order valence-corrected chi connectivity index (χ4v) is 12.2. The second kappa shape index (κ2) is 43.0. The number of nitrogens with one attached hydrogen (secondary N) is 7. The van der Waals surface area contributed by atoms with Gasteiger partial charge in [0.15, 0.2) is 11.6 Å². The van der Waals surface area contributed by atoms with Crippen LogP contribution in [0, 0.1) is 11.8 Å². The molecule has 5 aromatic rings. The maximum atomic E-state index is 14.3. The number of hydrogen-bond acceptors (Lipinski definition) is 12. The molecule has 0 aliphatic carbocycles. The quantitative estimate of drug-likeness (QED) is 0.0130. The van der Waals surface area contributed by atoms with Crippen LogP contribution in [0.1, 0.15) is 150 Å². The van der Waals surface area contributed by atoms with Gasteiger partial charge in [0.1, 0.15) is 5.78 Å². The summed E-state index contributed by atoms with van der Waals surface area (Å²) in [5, 5.41) is 37.9. The van der Waals surface area contributed by atoms with Gasteiger partial charge in [-0.25, -0.2) is 4.79 Å². The number of carbonyl (C=O) groups is 11. The van der Waals surface area contributed by atoms with Crippen molar-refractivity contribution >= 4 is 76.6 Å². The zero-order chi connectivity index (χ0) is 67.8. The van der Waals surface area contributed by atoms with E-state index in [0.717, 1.165) is 59.9 Å². The highest BCUT2D eigenvalue weighted by Gasteiger charge is 2.38. The number of hydrogen-bond donors (Lipinski definition) is 9. The molecule has 0 heterocycles. The standard InChI is InChI=1S/C73H93N7O13S/c1-53(41-42-69(88)89)79-72(93)75-44-26-10-25-43-74-65(84)40-24-3-2-22-38-61(81)39-23-6-15-31-56(71(91)92)48-64(83)63(46-55-29-13-5-14-30-55)80-70(90)57(45-54-27-11-4-12-28-54)47-62(82)49-76-66(85)50-77-67(86)51-78-68(87)52-94-73(58-32-16-7-17-33-58,59-34-18-8-19-35-59)60-36-20-9-21-37-60/h4-5,7-9,11-14,16-21,27-30,32-37,53,56-57,63H,2-3,6,10,15,22-26,31,38-52H2,1H3,(H,74,84)(H,76,85)(H,77,86)(H,78,87)(H,80,90)(H,88,89)(H,91,92)(H2,75,79,93)/t53-,56?,57?,63?/m1/s1. The first-order valence-corrected chi connectivity index (χ1v) is 33.7. The van der Waals surface area contributed by atoms with Gasteiger partial charge in [-0.2, -0.15) is 0 Å². The molecule has 7 amide bonds. The molecule has 20 nitrogen and oxygen atoms in total. The molecule has 0 bridgehead atoms. The van der Waals surface area contributed by atoms with Crippen LogP contribution in [0.3, 0.4) is 0 Å². The highest BCUT2D eigenvalue weighted by Crippen LogP contribution is 2.48. The molecule has 0 fully saturated rings. The van der Waals surface area contributed by atoms with Crippen LogP contribution in [0.25, 0.3) is 0 Å². The van der Waals surface area contributed by atoms with E-state index in [-0.39, 0.29) is 68.0 Å². The molecule has 9 N–H and O–H groups in total. The smallest absolute Gasteiger partial charge is 0.314 e. The molecular formula is C73H93N7O13S. The zero-order valence-corrected chi connectivity index (χ0v) is 54.7. The number of carboxylic acids is 2. The van der Waals surface area contributed by atoms with E-state index < -0.39 is 89.4 Å². The number of carbonyl (C=O) groups excluding carboxylic acids is 9. The summed E-state index contributed by atoms with van der Waals surface area (Å²) >= 11 is 1.42. The van der Waals surface area contributed by atoms with Crippen molar-refractivity contribution in [2.24, 2.45) is 11.8 Å². The van der Waals surface area contributed by atoms with Crippen LogP contribution >= 0.6 is 11.8 Å². The van der Waals surface area contributed by atoms with Crippen molar-refractivity contribution in [3.63, 3.8) is 0 Å². The zero-order valence-electron chi connectivity index (χ0n) is 53.9. The molecular weight excluding hydrogens is 1210 g/mol. The monoisotopic (exact) mass is 1310 g/mol. The van der Waals surface area contributed by atoms with Crippen molar-refractivity contribution < 1.29 is 63.0 Å². The third-order valence-electron chi connectivity index (χ3n) is 16.0. The second-order valence-corrected chi connectivity index (χ2v) is 24.9. The lowest BCUT2D eigenvalue weighted by atomic mass is 9.84. The summed E-state index contributed by atoms with van der Waals surface area (Å²) in [5.74, 6) is -7.30. The molecule has 0 aliphatic heterocycles. The lowest BCUT2D eigenvalue weighted by molar-refractivity contribution is -0.144. The molecule has 0 radical (unpaired) electrons. The van der Waals surface area contributed by atoms with Crippen molar-refractivity contribution in [3.8, 4) is 0 Å². The normalized spacial score (nSPS) is 12.4. The number of ketones is 3. The number of urea groups is 1. The van der Waals surface area contributed by atoms with Gasteiger partial charge in [0, 0.05) is 63.6 Å². The van der Waals surface area contributed by atoms with Gasteiger partial charge in [-0.05, 0) is 98.9 Å². The Labute approximate surface area is 556 Å². The average Bonchev–Trinajstić information content (AvgIpc) is 0.762. The molecule has 4 atom stereocenters. The van der Waals surface area contributed by atoms with E-state index in [0.29, 0.717) is 70.9 Å². The van der Waals surface area contributed by atoms with Crippen LogP contribution in [0.15, 0.2) is 152 Å². The Hall–Kier alpha value is -8.98. The molecule has 504 valence electrons. The molecule has 0 aliphatic rings. The van der Waals surface area contributed by atoms with E-state index in [4.69, 9.17) is 5.11 Å². The minimum Gasteiger partial charge on any atom is -0.481 e. The third-order valence-corrected chi connectivity index (χ3v) is 17.6. The van der Waals surface area contributed by atoms with Crippen LogP contribution in [-0.2, 0) is 65.5 Å². The fourth-order valence-electron chi connectivity index (χ4n) is 10.9. The first-order chi connectivity index (χ1) is 45.4. The number of rotatable bonds is 47. The summed E-state index contributed by atoms with van der Waals surface area (Å²) in [6, 6.07) is 45.9. The Kier molecular flexibility index (Phi) is 34.7. The van der Waals surface area contributed by atoms with Gasteiger partial charge in [0.05, 0.1) is 42.1 Å². The summed E-state index contributed by atoms with van der Waals surface area (Å²) < 4.78 is -0.753. The van der Waals surface area contributed by atoms with E-state index >= 15 is 0 Å². The molecule has 3 unspecified atom stereocenters. The third kappa shape index (κ3) is 29.3. The maximum Gasteiger partial charge on any atom is 0.314 e. The van der Waals surface area contributed by atoms with Crippen molar-refractivity contribution in [2.45, 2.75) is 152 Å². The van der Waals surface area contributed by atoms with E-state index in [1.54, 1.807) is 55.5 Å². The second-order valence-electron chi connectivity index (χ2n) is 23.7. The largest absolute Gasteiger partial charge is 0.481 e. The molecule has 21 heteroatoms. The molecule has 0 spiro atoms. The van der Waals surface area contributed by atoms with Crippen LogP contribution < -0.4 is 37.2 Å². The number of Topliss-reactive ketones (excluding diaryl/α,β-unsaturated/α-hetero) is 3. The Morgan fingerprint density at radius 2 is 0.894 bits per heavy atom. The van der Waals surface area contributed by atoms with Gasteiger partial charge in [-0.1, -0.05) is 177 Å². The lowest BCUT2D eigenvalue weighted by Crippen LogP contribution is -2.47. The van der Waals surface area contributed by atoms with Crippen molar-refractivity contribution in [2.75, 3.05) is 38.5 Å². The number of unbranched alkanes of at least 4 members (excludes halogenated alkanes) is 7. The van der Waals surface area contributed by atoms with Crippen molar-refractivity contribution in [1.29, 1.82) is 0 Å². The summed E-state index contributed by atoms with van der Waals surface area (Å²) in [6.07, 6.45) is 8.17. The van der Waals surface area contributed by atoms with Gasteiger partial charge in [-0.3, -0.25) is 47.9 Å². The maximum absolute atomic E-state index is 14.3. The van der Waals surface area contributed by atoms with Crippen LogP contribution in [-0.4, -0.2) is 126 Å². The van der Waals surface area contributed by atoms with Gasteiger partial charge < -0.3 is 47.4 Å². The highest BCUT2D eigenvalue weighted by atomic mass is 32.2. The molecule has 5 rings (SSSR count). The summed E-state index contributed by atoms with van der Waals surface area (Å²) in [4.78, 5) is 141. The minimum atomic E-state index is -1.15. The van der Waals surface area contributed by atoms with Gasteiger partial charge in [-0.15, -0.1) is 11.8 Å². The summed E-state index contributed by atoms with van der Waals surface area (Å²) in [7, 11) is 0. The molecule has 0 saturated heterocycles. The Balaban J connectivity index is 1.01. The fraction of sp³-hybridized carbons (Fsp3) is 0.438. The minimum absolute atomic E-state index is 0.00329. The van der Waals surface area contributed by atoms with E-state index in [1.165, 1.54) is 11.8 Å². The molecule has 94 heavy (non-hydrogen) atoms. The number of benzene rings is 5. The lowest BCUT2D eigenvalue weighted by Gasteiger charge is -2.35.